The SMILES string of the molecule is C=C1Nc2cc(OC(F)F)c(-c3[nH]ncc3NC(=O)c3cnn4cccnc34)cc2SC1C. The third-order valence-corrected chi connectivity index (χ3v) is 6.30. The van der Waals surface area contributed by atoms with E-state index >= 15 is 0 Å². The Labute approximate surface area is 190 Å². The summed E-state index contributed by atoms with van der Waals surface area (Å²) in [6.07, 6.45) is 6.02. The van der Waals surface area contributed by atoms with Crippen molar-refractivity contribution in [3.05, 3.63) is 60.8 Å². The number of H-pyrrole nitrogens is 1. The molecule has 0 spiro atoms. The number of carbonyl (C=O) groups is 1. The van der Waals surface area contributed by atoms with Crippen molar-refractivity contribution in [2.75, 3.05) is 10.6 Å². The number of aromatic amines is 1. The van der Waals surface area contributed by atoms with E-state index in [1.54, 1.807) is 24.5 Å². The number of ether oxygens (including phenoxy) is 1. The quantitative estimate of drug-likeness (QED) is 0.398. The minimum Gasteiger partial charge on any atom is -0.434 e. The summed E-state index contributed by atoms with van der Waals surface area (Å²) in [6, 6.07) is 4.90. The predicted octanol–water partition coefficient (Wildman–Crippen LogP) is 4.39. The number of hydrogen-bond donors (Lipinski definition) is 3. The Morgan fingerprint density at radius 3 is 3.03 bits per heavy atom. The van der Waals surface area contributed by atoms with Gasteiger partial charge in [-0.15, -0.1) is 11.8 Å². The van der Waals surface area contributed by atoms with Crippen LogP contribution in [-0.2, 0) is 0 Å². The van der Waals surface area contributed by atoms with Gasteiger partial charge in [0.15, 0.2) is 5.65 Å². The molecule has 33 heavy (non-hydrogen) atoms. The minimum absolute atomic E-state index is 0.0726. The third kappa shape index (κ3) is 3.89. The van der Waals surface area contributed by atoms with Gasteiger partial charge >= 0.3 is 6.61 Å². The summed E-state index contributed by atoms with van der Waals surface area (Å²) in [5.41, 5.74) is 2.96. The van der Waals surface area contributed by atoms with E-state index in [9.17, 15) is 13.6 Å². The summed E-state index contributed by atoms with van der Waals surface area (Å²) in [5, 5.41) is 16.8. The van der Waals surface area contributed by atoms with Gasteiger partial charge in [-0.25, -0.2) is 9.50 Å². The number of nitrogens with zero attached hydrogens (tertiary/aromatic N) is 4. The molecule has 0 bridgehead atoms. The van der Waals surface area contributed by atoms with Crippen LogP contribution in [-0.4, -0.2) is 42.6 Å². The van der Waals surface area contributed by atoms with E-state index < -0.39 is 12.5 Å². The molecule has 0 saturated carbocycles. The highest BCUT2D eigenvalue weighted by Crippen LogP contribution is 2.46. The maximum Gasteiger partial charge on any atom is 0.387 e. The molecule has 1 unspecified atom stereocenters. The molecule has 12 heteroatoms. The van der Waals surface area contributed by atoms with Gasteiger partial charge < -0.3 is 15.4 Å². The Balaban J connectivity index is 1.53. The minimum atomic E-state index is -3.04. The Bertz CT molecular complexity index is 1380. The first-order chi connectivity index (χ1) is 15.9. The van der Waals surface area contributed by atoms with Crippen molar-refractivity contribution in [1.29, 1.82) is 0 Å². The van der Waals surface area contributed by atoms with Crippen molar-refractivity contribution in [3.8, 4) is 17.0 Å². The second kappa shape index (κ2) is 8.20. The number of thioether (sulfide) groups is 1. The van der Waals surface area contributed by atoms with Crippen LogP contribution in [0.1, 0.15) is 17.3 Å². The topological polar surface area (TPSA) is 109 Å². The molecule has 9 nitrogen and oxygen atoms in total. The lowest BCUT2D eigenvalue weighted by molar-refractivity contribution is -0.0494. The van der Waals surface area contributed by atoms with Crippen LogP contribution in [0.3, 0.4) is 0 Å². The number of hydrogen-bond acceptors (Lipinski definition) is 7. The Morgan fingerprint density at radius 1 is 1.36 bits per heavy atom. The van der Waals surface area contributed by atoms with Crippen LogP contribution >= 0.6 is 11.8 Å². The molecule has 5 rings (SSSR count). The van der Waals surface area contributed by atoms with E-state index in [2.05, 4.69) is 37.5 Å². The molecule has 0 aliphatic carbocycles. The lowest BCUT2D eigenvalue weighted by atomic mass is 10.1. The molecule has 0 fully saturated rings. The molecule has 1 aliphatic heterocycles. The average Bonchev–Trinajstić information content (AvgIpc) is 3.41. The number of rotatable bonds is 5. The first kappa shape index (κ1) is 20.9. The number of carbonyl (C=O) groups excluding carboxylic acids is 1. The summed E-state index contributed by atoms with van der Waals surface area (Å²) in [6.45, 7) is 2.90. The van der Waals surface area contributed by atoms with Crippen LogP contribution in [0.15, 0.2) is 60.2 Å². The van der Waals surface area contributed by atoms with Crippen LogP contribution in [0.4, 0.5) is 20.2 Å². The van der Waals surface area contributed by atoms with E-state index in [1.807, 2.05) is 6.92 Å². The van der Waals surface area contributed by atoms with Gasteiger partial charge in [-0.3, -0.25) is 9.89 Å². The van der Waals surface area contributed by atoms with Crippen molar-refractivity contribution in [3.63, 3.8) is 0 Å². The lowest BCUT2D eigenvalue weighted by Crippen LogP contribution is -2.16. The number of fused-ring (bicyclic) bond motifs is 2. The zero-order valence-electron chi connectivity index (χ0n) is 17.2. The molecule has 1 aliphatic rings. The highest BCUT2D eigenvalue weighted by atomic mass is 32.2. The number of nitrogens with one attached hydrogen (secondary N) is 3. The lowest BCUT2D eigenvalue weighted by Gasteiger charge is -2.26. The fourth-order valence-corrected chi connectivity index (χ4v) is 4.45. The molecule has 1 atom stereocenters. The van der Waals surface area contributed by atoms with E-state index in [-0.39, 0.29) is 16.6 Å². The summed E-state index contributed by atoms with van der Waals surface area (Å²) in [4.78, 5) is 17.9. The largest absolute Gasteiger partial charge is 0.434 e. The van der Waals surface area contributed by atoms with Crippen molar-refractivity contribution < 1.29 is 18.3 Å². The maximum atomic E-state index is 13.2. The molecule has 168 valence electrons. The van der Waals surface area contributed by atoms with Crippen molar-refractivity contribution >= 4 is 34.7 Å². The number of benzene rings is 1. The van der Waals surface area contributed by atoms with Gasteiger partial charge in [0.05, 0.1) is 29.5 Å². The first-order valence-electron chi connectivity index (χ1n) is 9.79. The number of aromatic nitrogens is 5. The summed E-state index contributed by atoms with van der Waals surface area (Å²) in [7, 11) is 0. The first-order valence-corrected chi connectivity index (χ1v) is 10.7. The number of anilines is 2. The molecule has 1 aromatic carbocycles. The van der Waals surface area contributed by atoms with E-state index in [0.717, 1.165) is 10.6 Å². The predicted molar refractivity (Wildman–Crippen MR) is 120 cm³/mol. The summed E-state index contributed by atoms with van der Waals surface area (Å²) in [5.74, 6) is -0.543. The van der Waals surface area contributed by atoms with Crippen LogP contribution in [0.25, 0.3) is 16.9 Å². The molecule has 0 radical (unpaired) electrons. The van der Waals surface area contributed by atoms with E-state index in [0.29, 0.717) is 28.3 Å². The van der Waals surface area contributed by atoms with Crippen molar-refractivity contribution in [2.24, 2.45) is 0 Å². The molecule has 4 aromatic rings. The molecule has 0 saturated heterocycles. The summed E-state index contributed by atoms with van der Waals surface area (Å²) < 4.78 is 32.6. The second-order valence-electron chi connectivity index (χ2n) is 7.19. The number of amides is 1. The molecular formula is C21H17F2N7O2S. The zero-order chi connectivity index (χ0) is 23.1. The van der Waals surface area contributed by atoms with Crippen molar-refractivity contribution in [2.45, 2.75) is 23.7 Å². The zero-order valence-corrected chi connectivity index (χ0v) is 18.0. The Kier molecular flexibility index (Phi) is 5.21. The normalized spacial score (nSPS) is 15.4. The van der Waals surface area contributed by atoms with E-state index in [1.165, 1.54) is 34.7 Å². The molecule has 3 N–H and O–H groups in total. The molecule has 3 aromatic heterocycles. The van der Waals surface area contributed by atoms with Gasteiger partial charge in [0, 0.05) is 39.9 Å². The van der Waals surface area contributed by atoms with Crippen LogP contribution in [0.5, 0.6) is 5.75 Å². The van der Waals surface area contributed by atoms with Gasteiger partial charge in [0.1, 0.15) is 11.3 Å². The molecule has 4 heterocycles. The van der Waals surface area contributed by atoms with Gasteiger partial charge in [0.25, 0.3) is 5.91 Å². The van der Waals surface area contributed by atoms with Crippen molar-refractivity contribution in [1.82, 2.24) is 24.8 Å². The van der Waals surface area contributed by atoms with Crippen LogP contribution in [0, 0.1) is 0 Å². The fourth-order valence-electron chi connectivity index (χ4n) is 3.44. The molecule has 1 amide bonds. The monoisotopic (exact) mass is 469 g/mol. The summed E-state index contributed by atoms with van der Waals surface area (Å²) >= 11 is 1.53. The van der Waals surface area contributed by atoms with Gasteiger partial charge in [-0.05, 0) is 19.1 Å². The van der Waals surface area contributed by atoms with Crippen LogP contribution in [0.2, 0.25) is 0 Å². The van der Waals surface area contributed by atoms with Crippen LogP contribution < -0.4 is 15.4 Å². The average molecular weight is 469 g/mol. The number of halogens is 2. The maximum absolute atomic E-state index is 13.2. The van der Waals surface area contributed by atoms with Gasteiger partial charge in [0.2, 0.25) is 0 Å². The number of alkyl halides is 2. The Morgan fingerprint density at radius 2 is 2.21 bits per heavy atom. The molecular weight excluding hydrogens is 452 g/mol. The van der Waals surface area contributed by atoms with Gasteiger partial charge in [-0.1, -0.05) is 6.58 Å². The second-order valence-corrected chi connectivity index (χ2v) is 8.57. The Hall–Kier alpha value is -3.93. The highest BCUT2D eigenvalue weighted by molar-refractivity contribution is 8.00. The highest BCUT2D eigenvalue weighted by Gasteiger charge is 2.25. The van der Waals surface area contributed by atoms with Gasteiger partial charge in [-0.2, -0.15) is 19.0 Å². The standard InChI is InChI=1S/C21H17F2N7O2S/c1-10-11(2)33-17-6-12(16(32-21(22)23)7-14(17)27-10)18-15(9-25-29-18)28-20(31)13-8-26-30-5-3-4-24-19(13)30/h3-9,11,21,27H,1H2,2H3,(H,25,29)(H,28,31). The third-order valence-electron chi connectivity index (χ3n) is 5.07. The fraction of sp³-hybridized carbons (Fsp3) is 0.143. The smallest absolute Gasteiger partial charge is 0.387 e. The van der Waals surface area contributed by atoms with E-state index in [4.69, 9.17) is 4.74 Å².